The summed E-state index contributed by atoms with van der Waals surface area (Å²) in [5.74, 6) is -2.14. The first-order valence-corrected chi connectivity index (χ1v) is 14.4. The van der Waals surface area contributed by atoms with Crippen molar-refractivity contribution < 1.29 is 41.0 Å². The number of alkyl halides is 3. The van der Waals surface area contributed by atoms with Crippen molar-refractivity contribution in [3.63, 3.8) is 0 Å². The largest absolute Gasteiger partial charge is 0.496 e. The van der Waals surface area contributed by atoms with Crippen LogP contribution in [0.25, 0.3) is 22.0 Å². The van der Waals surface area contributed by atoms with E-state index < -0.39 is 28.1 Å². The van der Waals surface area contributed by atoms with Gasteiger partial charge >= 0.3 is 12.1 Å². The quantitative estimate of drug-likeness (QED) is 0.307. The Bertz CT molecular complexity index is 1510. The molecule has 224 valence electrons. The van der Waals surface area contributed by atoms with Gasteiger partial charge in [0.15, 0.2) is 0 Å². The van der Waals surface area contributed by atoms with Crippen LogP contribution in [0.2, 0.25) is 0 Å². The van der Waals surface area contributed by atoms with Crippen molar-refractivity contribution in [3.05, 3.63) is 53.2 Å². The Morgan fingerprint density at radius 3 is 2.32 bits per heavy atom. The van der Waals surface area contributed by atoms with Gasteiger partial charge in [-0.05, 0) is 73.7 Å². The van der Waals surface area contributed by atoms with Gasteiger partial charge in [-0.15, -0.1) is 0 Å². The number of fused-ring (bicyclic) bond motifs is 1. The van der Waals surface area contributed by atoms with Crippen LogP contribution in [-0.4, -0.2) is 73.9 Å². The van der Waals surface area contributed by atoms with Crippen molar-refractivity contribution in [2.24, 2.45) is 5.73 Å². The standard InChI is InChI=1S/C25H32N4O4S.C2HF3O2/c1-4-34(31,32)29-9-7-16(8-10-29)22-15-28-24-20(22)12-18(13-21(24)25(26)30)17-5-6-23(33-3)19(11-17)14-27-2;3-2(4,5)1(6)7/h5-6,11-13,15-16,27-28H,4,7-10,14H2,1-3H3,(H2,26,30);(H,6,7). The number of nitrogens with two attached hydrogens (primary N) is 1. The maximum absolute atomic E-state index is 12.3. The summed E-state index contributed by atoms with van der Waals surface area (Å²) in [6.07, 6.45) is -1.68. The van der Waals surface area contributed by atoms with Crippen molar-refractivity contribution in [3.8, 4) is 16.9 Å². The molecule has 1 aliphatic heterocycles. The number of aliphatic carboxylic acids is 1. The summed E-state index contributed by atoms with van der Waals surface area (Å²) in [5.41, 5.74) is 10.9. The third kappa shape index (κ3) is 7.37. The number of H-pyrrole nitrogens is 1. The van der Waals surface area contributed by atoms with Crippen LogP contribution in [0.3, 0.4) is 0 Å². The number of rotatable bonds is 8. The van der Waals surface area contributed by atoms with E-state index in [-0.39, 0.29) is 11.7 Å². The highest BCUT2D eigenvalue weighted by molar-refractivity contribution is 7.89. The molecule has 1 fully saturated rings. The molecule has 0 saturated carbocycles. The Morgan fingerprint density at radius 2 is 1.80 bits per heavy atom. The maximum atomic E-state index is 12.3. The molecular weight excluding hydrogens is 565 g/mol. The van der Waals surface area contributed by atoms with Gasteiger partial charge in [0, 0.05) is 36.8 Å². The smallest absolute Gasteiger partial charge is 0.490 e. The molecule has 0 radical (unpaired) electrons. The normalized spacial score (nSPS) is 14.9. The van der Waals surface area contributed by atoms with Crippen molar-refractivity contribution >= 4 is 32.8 Å². The number of aromatic nitrogens is 1. The molecule has 1 saturated heterocycles. The van der Waals surface area contributed by atoms with Crippen molar-refractivity contribution in [2.75, 3.05) is 33.0 Å². The number of amides is 1. The Kier molecular flexibility index (Phi) is 10.0. The second kappa shape index (κ2) is 12.9. The first-order valence-electron chi connectivity index (χ1n) is 12.8. The number of methoxy groups -OCH3 is 1. The summed E-state index contributed by atoms with van der Waals surface area (Å²) in [6, 6.07) is 9.88. The fourth-order valence-electron chi connectivity index (χ4n) is 4.87. The highest BCUT2D eigenvalue weighted by Gasteiger charge is 2.38. The van der Waals surface area contributed by atoms with Crippen LogP contribution in [0.1, 0.15) is 47.2 Å². The summed E-state index contributed by atoms with van der Waals surface area (Å²) in [5, 5.41) is 11.2. The first kappa shape index (κ1) is 31.9. The van der Waals surface area contributed by atoms with E-state index in [9.17, 15) is 26.4 Å². The molecule has 0 spiro atoms. The summed E-state index contributed by atoms with van der Waals surface area (Å²) in [4.78, 5) is 24.5. The molecule has 0 aliphatic carbocycles. The molecule has 2 aromatic carbocycles. The number of hydrogen-bond donors (Lipinski definition) is 4. The van der Waals surface area contributed by atoms with Gasteiger partial charge in [0.1, 0.15) is 5.75 Å². The van der Waals surface area contributed by atoms with Crippen LogP contribution < -0.4 is 15.8 Å². The van der Waals surface area contributed by atoms with Gasteiger partial charge in [-0.1, -0.05) is 6.07 Å². The third-order valence-corrected chi connectivity index (χ3v) is 8.84. The van der Waals surface area contributed by atoms with Crippen LogP contribution in [0, 0.1) is 0 Å². The second-order valence-corrected chi connectivity index (χ2v) is 11.7. The highest BCUT2D eigenvalue weighted by Crippen LogP contribution is 2.38. The number of carboxylic acids is 1. The first-order chi connectivity index (χ1) is 19.2. The van der Waals surface area contributed by atoms with Gasteiger partial charge in [0.2, 0.25) is 10.0 Å². The highest BCUT2D eigenvalue weighted by atomic mass is 32.2. The topological polar surface area (TPSA) is 155 Å². The number of nitrogens with zero attached hydrogens (tertiary/aromatic N) is 1. The third-order valence-electron chi connectivity index (χ3n) is 6.96. The number of hydrogen-bond acceptors (Lipinski definition) is 6. The number of nitrogens with one attached hydrogen (secondary N) is 2. The van der Waals surface area contributed by atoms with Gasteiger partial charge < -0.3 is 25.9 Å². The molecule has 0 bridgehead atoms. The Balaban J connectivity index is 0.000000587. The molecule has 1 aromatic heterocycles. The van der Waals surface area contributed by atoms with Crippen LogP contribution in [0.15, 0.2) is 36.5 Å². The number of ether oxygens (including phenoxy) is 1. The number of halogens is 3. The fraction of sp³-hybridized carbons (Fsp3) is 0.407. The molecule has 0 atom stereocenters. The minimum atomic E-state index is -5.08. The average Bonchev–Trinajstić information content (AvgIpc) is 3.36. The van der Waals surface area contributed by atoms with Crippen molar-refractivity contribution in [2.45, 2.75) is 38.4 Å². The van der Waals surface area contributed by atoms with E-state index in [1.165, 1.54) is 0 Å². The fourth-order valence-corrected chi connectivity index (χ4v) is 6.00. The molecule has 1 aliphatic rings. The summed E-state index contributed by atoms with van der Waals surface area (Å²) in [7, 11) is 0.346. The number of aromatic amines is 1. The van der Waals surface area contributed by atoms with Crippen LogP contribution in [0.5, 0.6) is 5.75 Å². The van der Waals surface area contributed by atoms with E-state index in [4.69, 9.17) is 20.4 Å². The molecule has 4 rings (SSSR count). The lowest BCUT2D eigenvalue weighted by Gasteiger charge is -2.31. The number of carboxylic acid groups (broad SMARTS) is 1. The molecule has 2 heterocycles. The van der Waals surface area contributed by atoms with Gasteiger partial charge in [0.25, 0.3) is 5.91 Å². The van der Waals surface area contributed by atoms with Crippen LogP contribution in [-0.2, 0) is 21.4 Å². The molecule has 3 aromatic rings. The lowest BCUT2D eigenvalue weighted by Crippen LogP contribution is -2.38. The molecule has 5 N–H and O–H groups in total. The number of benzene rings is 2. The Labute approximate surface area is 235 Å². The minimum Gasteiger partial charge on any atom is -0.496 e. The zero-order valence-electron chi connectivity index (χ0n) is 22.8. The molecule has 10 nitrogen and oxygen atoms in total. The summed E-state index contributed by atoms with van der Waals surface area (Å²) < 4.78 is 63.3. The number of carbonyl (C=O) groups is 2. The van der Waals surface area contributed by atoms with Gasteiger partial charge in [0.05, 0.1) is 23.9 Å². The second-order valence-electron chi connectivity index (χ2n) is 9.49. The maximum Gasteiger partial charge on any atom is 0.490 e. The SMILES string of the molecule is CCS(=O)(=O)N1CCC(c2c[nH]c3c(C(N)=O)cc(-c4ccc(OC)c(CNC)c4)cc23)CC1.O=C(O)C(F)(F)F. The van der Waals surface area contributed by atoms with Gasteiger partial charge in [-0.3, -0.25) is 4.79 Å². The van der Waals surface area contributed by atoms with Crippen LogP contribution >= 0.6 is 0 Å². The lowest BCUT2D eigenvalue weighted by atomic mass is 9.88. The van der Waals surface area contributed by atoms with Gasteiger partial charge in [-0.25, -0.2) is 17.5 Å². The zero-order chi connectivity index (χ0) is 30.5. The minimum absolute atomic E-state index is 0.119. The van der Waals surface area contributed by atoms with E-state index in [2.05, 4.69) is 22.4 Å². The van der Waals surface area contributed by atoms with E-state index in [1.54, 1.807) is 18.3 Å². The lowest BCUT2D eigenvalue weighted by molar-refractivity contribution is -0.192. The predicted molar refractivity (Wildman–Crippen MR) is 148 cm³/mol. The number of primary amides is 1. The Hall–Kier alpha value is -3.62. The molecule has 41 heavy (non-hydrogen) atoms. The summed E-state index contributed by atoms with van der Waals surface area (Å²) >= 11 is 0. The molecule has 0 unspecified atom stereocenters. The molecule has 14 heteroatoms. The summed E-state index contributed by atoms with van der Waals surface area (Å²) in [6.45, 7) is 3.33. The average molecular weight is 599 g/mol. The zero-order valence-corrected chi connectivity index (χ0v) is 23.7. The Morgan fingerprint density at radius 1 is 1.17 bits per heavy atom. The molecule has 1 amide bonds. The van der Waals surface area contributed by atoms with Crippen molar-refractivity contribution in [1.82, 2.24) is 14.6 Å². The van der Waals surface area contributed by atoms with E-state index in [0.29, 0.717) is 25.2 Å². The van der Waals surface area contributed by atoms with E-state index >= 15 is 0 Å². The van der Waals surface area contributed by atoms with Crippen LogP contribution in [0.4, 0.5) is 13.2 Å². The van der Waals surface area contributed by atoms with Gasteiger partial charge in [-0.2, -0.15) is 13.2 Å². The monoisotopic (exact) mass is 598 g/mol. The molecular formula is C27H33F3N4O6S. The number of piperidine rings is 1. The predicted octanol–water partition coefficient (Wildman–Crippen LogP) is 3.82. The number of sulfonamides is 1. The van der Waals surface area contributed by atoms with E-state index in [0.717, 1.165) is 51.7 Å². The van der Waals surface area contributed by atoms with E-state index in [1.807, 2.05) is 31.4 Å². The van der Waals surface area contributed by atoms with Crippen molar-refractivity contribution in [1.29, 1.82) is 0 Å². The number of carbonyl (C=O) groups excluding carboxylic acids is 1.